The monoisotopic (exact) mass is 302 g/mol. The fraction of sp³-hybridized carbons (Fsp3) is 0.421. The van der Waals surface area contributed by atoms with Crippen LogP contribution in [0.3, 0.4) is 0 Å². The van der Waals surface area contributed by atoms with Gasteiger partial charge in [0.1, 0.15) is 6.61 Å². The molecule has 0 spiro atoms. The maximum absolute atomic E-state index is 11.4. The number of ketones is 1. The van der Waals surface area contributed by atoms with Crippen LogP contribution in [0.1, 0.15) is 50.9 Å². The number of allylic oxidation sites excluding steroid dienone is 3. The Balaban J connectivity index is 2.60. The molecule has 22 heavy (non-hydrogen) atoms. The van der Waals surface area contributed by atoms with E-state index in [1.54, 1.807) is 25.3 Å². The standard InChI is InChI=1S/C19H26O3/c1-14(2)7-6-8-15(3)11-12-22-18-10-9-17(16(4)20)13-19(18)21-5/h7,9-11,13H,6,8,12H2,1-5H3/b15-11+. The molecule has 0 fully saturated rings. The number of Topliss-reactive ketones (excluding diaryl/α,β-unsaturated/α-hetero) is 1. The van der Waals surface area contributed by atoms with E-state index in [2.05, 4.69) is 32.9 Å². The van der Waals surface area contributed by atoms with Gasteiger partial charge in [0.15, 0.2) is 17.3 Å². The fourth-order valence-electron chi connectivity index (χ4n) is 1.97. The summed E-state index contributed by atoms with van der Waals surface area (Å²) in [6.45, 7) is 8.36. The number of carbonyl (C=O) groups excluding carboxylic acids is 1. The number of hydrogen-bond donors (Lipinski definition) is 0. The summed E-state index contributed by atoms with van der Waals surface area (Å²) in [4.78, 5) is 11.4. The van der Waals surface area contributed by atoms with Crippen LogP contribution in [0.25, 0.3) is 0 Å². The molecule has 0 aliphatic carbocycles. The van der Waals surface area contributed by atoms with Crippen LogP contribution in [0.2, 0.25) is 0 Å². The summed E-state index contributed by atoms with van der Waals surface area (Å²) in [5, 5.41) is 0. The zero-order valence-corrected chi connectivity index (χ0v) is 14.2. The number of methoxy groups -OCH3 is 1. The molecule has 0 aliphatic rings. The van der Waals surface area contributed by atoms with Crippen LogP contribution in [-0.4, -0.2) is 19.5 Å². The van der Waals surface area contributed by atoms with Crippen molar-refractivity contribution in [3.8, 4) is 11.5 Å². The Hall–Kier alpha value is -2.03. The van der Waals surface area contributed by atoms with E-state index in [-0.39, 0.29) is 5.78 Å². The lowest BCUT2D eigenvalue weighted by atomic mass is 10.1. The molecule has 0 radical (unpaired) electrons. The largest absolute Gasteiger partial charge is 0.493 e. The quantitative estimate of drug-likeness (QED) is 0.502. The van der Waals surface area contributed by atoms with Gasteiger partial charge in [0.2, 0.25) is 0 Å². The van der Waals surface area contributed by atoms with Gasteiger partial charge in [0, 0.05) is 5.56 Å². The van der Waals surface area contributed by atoms with Crippen molar-refractivity contribution in [2.75, 3.05) is 13.7 Å². The van der Waals surface area contributed by atoms with E-state index < -0.39 is 0 Å². The van der Waals surface area contributed by atoms with Crippen molar-refractivity contribution in [1.29, 1.82) is 0 Å². The summed E-state index contributed by atoms with van der Waals surface area (Å²) in [7, 11) is 1.58. The van der Waals surface area contributed by atoms with Gasteiger partial charge in [-0.2, -0.15) is 0 Å². The molecule has 0 unspecified atom stereocenters. The molecule has 1 rings (SSSR count). The molecule has 0 aromatic heterocycles. The first kappa shape index (κ1) is 18.0. The molecule has 0 amide bonds. The van der Waals surface area contributed by atoms with Crippen LogP contribution in [-0.2, 0) is 0 Å². The van der Waals surface area contributed by atoms with Crippen molar-refractivity contribution >= 4 is 5.78 Å². The first-order valence-electron chi connectivity index (χ1n) is 7.54. The number of ether oxygens (including phenoxy) is 2. The second kappa shape index (κ2) is 9.08. The zero-order chi connectivity index (χ0) is 16.5. The minimum atomic E-state index is 0.0138. The van der Waals surface area contributed by atoms with Crippen LogP contribution >= 0.6 is 0 Å². The summed E-state index contributed by atoms with van der Waals surface area (Å²) in [6, 6.07) is 5.25. The van der Waals surface area contributed by atoms with Gasteiger partial charge in [-0.1, -0.05) is 17.2 Å². The summed E-state index contributed by atoms with van der Waals surface area (Å²) in [5.41, 5.74) is 3.27. The molecule has 3 nitrogen and oxygen atoms in total. The average Bonchev–Trinajstić information content (AvgIpc) is 2.46. The van der Waals surface area contributed by atoms with E-state index >= 15 is 0 Å². The minimum Gasteiger partial charge on any atom is -0.493 e. The highest BCUT2D eigenvalue weighted by Crippen LogP contribution is 2.28. The summed E-state index contributed by atoms with van der Waals surface area (Å²) in [6.07, 6.45) is 6.41. The third-order valence-corrected chi connectivity index (χ3v) is 3.33. The van der Waals surface area contributed by atoms with Gasteiger partial charge in [-0.25, -0.2) is 0 Å². The normalized spacial score (nSPS) is 11.0. The molecule has 0 saturated carbocycles. The van der Waals surface area contributed by atoms with E-state index in [1.807, 2.05) is 0 Å². The second-order valence-corrected chi connectivity index (χ2v) is 5.60. The number of hydrogen-bond acceptors (Lipinski definition) is 3. The molecule has 0 N–H and O–H groups in total. The molecule has 1 aromatic carbocycles. The van der Waals surface area contributed by atoms with Crippen LogP contribution in [0.15, 0.2) is 41.5 Å². The topological polar surface area (TPSA) is 35.5 Å². The molecule has 0 atom stereocenters. The van der Waals surface area contributed by atoms with Crippen molar-refractivity contribution in [2.45, 2.75) is 40.5 Å². The lowest BCUT2D eigenvalue weighted by molar-refractivity contribution is 0.101. The lowest BCUT2D eigenvalue weighted by Gasteiger charge is -2.10. The molecule has 1 aromatic rings. The molecule has 3 heteroatoms. The van der Waals surface area contributed by atoms with Gasteiger partial charge in [0.05, 0.1) is 7.11 Å². The number of benzene rings is 1. The van der Waals surface area contributed by atoms with Crippen LogP contribution in [0.4, 0.5) is 0 Å². The highest BCUT2D eigenvalue weighted by molar-refractivity contribution is 5.94. The fourth-order valence-corrected chi connectivity index (χ4v) is 1.97. The Kier molecular flexibility index (Phi) is 7.44. The molecular weight excluding hydrogens is 276 g/mol. The lowest BCUT2D eigenvalue weighted by Crippen LogP contribution is -2.00. The van der Waals surface area contributed by atoms with E-state index in [9.17, 15) is 4.79 Å². The smallest absolute Gasteiger partial charge is 0.161 e. The van der Waals surface area contributed by atoms with Gasteiger partial charge in [-0.05, 0) is 64.8 Å². The first-order chi connectivity index (χ1) is 10.4. The van der Waals surface area contributed by atoms with Crippen LogP contribution in [0, 0.1) is 0 Å². The number of carbonyl (C=O) groups is 1. The molecule has 120 valence electrons. The third kappa shape index (κ3) is 6.17. The van der Waals surface area contributed by atoms with Gasteiger partial charge >= 0.3 is 0 Å². The minimum absolute atomic E-state index is 0.0138. The Labute approximate surface area is 133 Å². The van der Waals surface area contributed by atoms with E-state index in [0.29, 0.717) is 23.7 Å². The zero-order valence-electron chi connectivity index (χ0n) is 14.2. The predicted octanol–water partition coefficient (Wildman–Crippen LogP) is 4.97. The van der Waals surface area contributed by atoms with E-state index in [1.165, 1.54) is 18.1 Å². The Morgan fingerprint density at radius 2 is 1.82 bits per heavy atom. The van der Waals surface area contributed by atoms with Crippen molar-refractivity contribution in [2.24, 2.45) is 0 Å². The maximum Gasteiger partial charge on any atom is 0.161 e. The van der Waals surface area contributed by atoms with Crippen molar-refractivity contribution in [1.82, 2.24) is 0 Å². The molecule has 0 saturated heterocycles. The highest BCUT2D eigenvalue weighted by atomic mass is 16.5. The first-order valence-corrected chi connectivity index (χ1v) is 7.54. The molecule has 0 aliphatic heterocycles. The molecule has 0 bridgehead atoms. The third-order valence-electron chi connectivity index (χ3n) is 3.33. The summed E-state index contributed by atoms with van der Waals surface area (Å²) >= 11 is 0. The second-order valence-electron chi connectivity index (χ2n) is 5.60. The Morgan fingerprint density at radius 3 is 2.41 bits per heavy atom. The van der Waals surface area contributed by atoms with Gasteiger partial charge in [-0.3, -0.25) is 4.79 Å². The molecule has 0 heterocycles. The van der Waals surface area contributed by atoms with E-state index in [4.69, 9.17) is 9.47 Å². The SMILES string of the molecule is COc1cc(C(C)=O)ccc1OC/C=C(\C)CCC=C(C)C. The predicted molar refractivity (Wildman–Crippen MR) is 90.9 cm³/mol. The summed E-state index contributed by atoms with van der Waals surface area (Å²) in [5.74, 6) is 1.25. The van der Waals surface area contributed by atoms with Crippen LogP contribution in [0.5, 0.6) is 11.5 Å². The van der Waals surface area contributed by atoms with Gasteiger partial charge in [-0.15, -0.1) is 0 Å². The van der Waals surface area contributed by atoms with Crippen molar-refractivity contribution < 1.29 is 14.3 Å². The number of rotatable bonds is 8. The molecular formula is C19H26O3. The van der Waals surface area contributed by atoms with Crippen molar-refractivity contribution in [3.05, 3.63) is 47.1 Å². The van der Waals surface area contributed by atoms with Crippen LogP contribution < -0.4 is 9.47 Å². The van der Waals surface area contributed by atoms with Gasteiger partial charge < -0.3 is 9.47 Å². The Bertz CT molecular complexity index is 564. The van der Waals surface area contributed by atoms with Crippen molar-refractivity contribution in [3.63, 3.8) is 0 Å². The Morgan fingerprint density at radius 1 is 1.09 bits per heavy atom. The average molecular weight is 302 g/mol. The highest BCUT2D eigenvalue weighted by Gasteiger charge is 2.07. The summed E-state index contributed by atoms with van der Waals surface area (Å²) < 4.78 is 11.0. The maximum atomic E-state index is 11.4. The van der Waals surface area contributed by atoms with E-state index in [0.717, 1.165) is 12.8 Å². The van der Waals surface area contributed by atoms with Gasteiger partial charge in [0.25, 0.3) is 0 Å².